The highest BCUT2D eigenvalue weighted by Crippen LogP contribution is 2.75. The van der Waals surface area contributed by atoms with Gasteiger partial charge in [0.05, 0.1) is 27.6 Å². The number of halogens is 3. The van der Waals surface area contributed by atoms with Gasteiger partial charge in [0.2, 0.25) is 0 Å². The third-order valence-electron chi connectivity index (χ3n) is 6.70. The predicted molar refractivity (Wildman–Crippen MR) is 92.4 cm³/mol. The fourth-order valence-electron chi connectivity index (χ4n) is 5.30. The van der Waals surface area contributed by atoms with E-state index in [1.807, 2.05) is 6.92 Å². The second-order valence-electron chi connectivity index (χ2n) is 7.71. The quantitative estimate of drug-likeness (QED) is 0.681. The lowest BCUT2D eigenvalue weighted by atomic mass is 9.77. The lowest BCUT2D eigenvalue weighted by Crippen LogP contribution is -2.47. The Morgan fingerprint density at radius 3 is 2.65 bits per heavy atom. The van der Waals surface area contributed by atoms with Crippen molar-refractivity contribution in [3.8, 4) is 6.07 Å². The number of hydrogen-bond acceptors (Lipinski definition) is 5. The molecule has 1 aromatic carbocycles. The van der Waals surface area contributed by atoms with E-state index in [1.165, 1.54) is 10.4 Å². The summed E-state index contributed by atoms with van der Waals surface area (Å²) in [5, 5.41) is 8.95. The molecular weight excluding hydrogens is 367 g/mol. The maximum absolute atomic E-state index is 13.3. The normalized spacial score (nSPS) is 38.9. The van der Waals surface area contributed by atoms with Crippen molar-refractivity contribution in [3.05, 3.63) is 29.3 Å². The number of nitrogens with two attached hydrogens (primary N) is 1. The van der Waals surface area contributed by atoms with E-state index in [0.29, 0.717) is 6.42 Å². The molecule has 26 heavy (non-hydrogen) atoms. The Kier molecular flexibility index (Phi) is 3.64. The molecule has 4 N–H and O–H groups in total. The zero-order valence-electron chi connectivity index (χ0n) is 14.1. The highest BCUT2D eigenvalue weighted by atomic mass is 32.3. The molecule has 5 nitrogen and oxygen atoms in total. The Hall–Kier alpha value is -1.47. The minimum Gasteiger partial charge on any atom is -0.327 e. The minimum absolute atomic E-state index is 0.0000685. The summed E-state index contributed by atoms with van der Waals surface area (Å²) >= 11 is 0. The van der Waals surface area contributed by atoms with Crippen LogP contribution < -0.4 is 10.0 Å². The highest BCUT2D eigenvalue weighted by molar-refractivity contribution is 8.26. The molecule has 142 valence electrons. The molecule has 4 rings (SSSR count). The van der Waals surface area contributed by atoms with Crippen LogP contribution in [0.25, 0.3) is 0 Å². The molecule has 2 aliphatic carbocycles. The van der Waals surface area contributed by atoms with Crippen LogP contribution in [0.3, 0.4) is 0 Å². The molecule has 0 radical (unpaired) electrons. The first-order valence-electron chi connectivity index (χ1n) is 8.44. The Morgan fingerprint density at radius 1 is 1.35 bits per heavy atom. The van der Waals surface area contributed by atoms with Gasteiger partial charge in [0.1, 0.15) is 0 Å². The van der Waals surface area contributed by atoms with Crippen LogP contribution in [-0.4, -0.2) is 26.4 Å². The van der Waals surface area contributed by atoms with E-state index in [0.717, 1.165) is 18.6 Å². The second-order valence-corrected chi connectivity index (χ2v) is 10.1. The monoisotopic (exact) mass is 387 g/mol. The van der Waals surface area contributed by atoms with Crippen molar-refractivity contribution in [2.75, 3.05) is 10.8 Å². The van der Waals surface area contributed by atoms with Gasteiger partial charge in [0.25, 0.3) is 0 Å². The molecule has 2 bridgehead atoms. The summed E-state index contributed by atoms with van der Waals surface area (Å²) in [5.41, 5.74) is 4.71. The van der Waals surface area contributed by atoms with Crippen molar-refractivity contribution in [2.24, 2.45) is 23.5 Å². The second kappa shape index (κ2) is 5.29. The summed E-state index contributed by atoms with van der Waals surface area (Å²) in [7, 11) is -3.33. The SMILES string of the molecule is C[C@@]12[C@H]3C[C@H]([C@H](N)C3)[C@@H]1CN(c1ccc(C#N)c(C(F)(F)F)c1)S2(O)O. The third kappa shape index (κ3) is 2.10. The molecule has 5 atom stereocenters. The van der Waals surface area contributed by atoms with Crippen molar-refractivity contribution >= 4 is 16.5 Å². The van der Waals surface area contributed by atoms with E-state index < -0.39 is 32.8 Å². The van der Waals surface area contributed by atoms with Crippen LogP contribution in [0, 0.1) is 29.1 Å². The zero-order chi connectivity index (χ0) is 19.1. The van der Waals surface area contributed by atoms with Crippen molar-refractivity contribution in [2.45, 2.75) is 36.7 Å². The van der Waals surface area contributed by atoms with Crippen LogP contribution in [0.4, 0.5) is 18.9 Å². The predicted octanol–water partition coefficient (Wildman–Crippen LogP) is 3.80. The average molecular weight is 387 g/mol. The first-order chi connectivity index (χ1) is 12.0. The third-order valence-corrected chi connectivity index (χ3v) is 9.49. The van der Waals surface area contributed by atoms with E-state index >= 15 is 0 Å². The van der Waals surface area contributed by atoms with Crippen LogP contribution in [-0.2, 0) is 6.18 Å². The average Bonchev–Trinajstić information content (AvgIpc) is 3.13. The fourth-order valence-corrected chi connectivity index (χ4v) is 7.84. The molecule has 3 fully saturated rings. The molecule has 1 heterocycles. The van der Waals surface area contributed by atoms with Crippen LogP contribution in [0.5, 0.6) is 0 Å². The number of nitriles is 1. The highest BCUT2D eigenvalue weighted by Gasteiger charge is 2.69. The molecule has 0 amide bonds. The Labute approximate surface area is 151 Å². The maximum atomic E-state index is 13.3. The number of hydrogen-bond donors (Lipinski definition) is 3. The Bertz CT molecular complexity index is 809. The van der Waals surface area contributed by atoms with Gasteiger partial charge in [-0.05, 0) is 49.8 Å². The summed E-state index contributed by atoms with van der Waals surface area (Å²) < 4.78 is 62.5. The van der Waals surface area contributed by atoms with Gasteiger partial charge in [0.15, 0.2) is 0 Å². The summed E-state index contributed by atoms with van der Waals surface area (Å²) in [6.45, 7) is 2.09. The number of anilines is 1. The van der Waals surface area contributed by atoms with Crippen molar-refractivity contribution in [3.63, 3.8) is 0 Å². The van der Waals surface area contributed by atoms with Crippen LogP contribution in [0.2, 0.25) is 0 Å². The molecule has 3 aliphatic rings. The van der Waals surface area contributed by atoms with Gasteiger partial charge in [-0.2, -0.15) is 18.4 Å². The molecule has 2 saturated carbocycles. The molecule has 0 spiro atoms. The van der Waals surface area contributed by atoms with Crippen molar-refractivity contribution in [1.29, 1.82) is 5.26 Å². The van der Waals surface area contributed by atoms with Crippen molar-refractivity contribution in [1.82, 2.24) is 0 Å². The lowest BCUT2D eigenvalue weighted by molar-refractivity contribution is -0.137. The van der Waals surface area contributed by atoms with E-state index in [1.54, 1.807) is 6.07 Å². The fraction of sp³-hybridized carbons (Fsp3) is 0.588. The Morgan fingerprint density at radius 2 is 2.04 bits per heavy atom. The van der Waals surface area contributed by atoms with E-state index in [-0.39, 0.29) is 36.0 Å². The largest absolute Gasteiger partial charge is 0.417 e. The van der Waals surface area contributed by atoms with E-state index in [9.17, 15) is 22.3 Å². The van der Waals surface area contributed by atoms with Gasteiger partial charge in [-0.15, -0.1) is 10.8 Å². The van der Waals surface area contributed by atoms with Crippen LogP contribution in [0.1, 0.15) is 30.9 Å². The van der Waals surface area contributed by atoms with Crippen LogP contribution >= 0.6 is 10.8 Å². The van der Waals surface area contributed by atoms with Crippen molar-refractivity contribution < 1.29 is 22.3 Å². The Balaban J connectivity index is 1.78. The summed E-state index contributed by atoms with van der Waals surface area (Å²) in [5.74, 6) is 0.149. The molecule has 1 aliphatic heterocycles. The zero-order valence-corrected chi connectivity index (χ0v) is 14.9. The summed E-state index contributed by atoms with van der Waals surface area (Å²) in [4.78, 5) is 0. The first-order valence-corrected chi connectivity index (χ1v) is 9.94. The summed E-state index contributed by atoms with van der Waals surface area (Å²) in [6, 6.07) is 4.83. The number of alkyl halides is 3. The number of fused-ring (bicyclic) bond motifs is 5. The molecule has 0 aromatic heterocycles. The van der Waals surface area contributed by atoms with Gasteiger partial charge in [-0.25, -0.2) is 0 Å². The van der Waals surface area contributed by atoms with Gasteiger partial charge < -0.3 is 5.73 Å². The smallest absolute Gasteiger partial charge is 0.327 e. The van der Waals surface area contributed by atoms with Gasteiger partial charge in [-0.3, -0.25) is 13.4 Å². The first kappa shape index (κ1) is 17.9. The maximum Gasteiger partial charge on any atom is 0.417 e. The van der Waals surface area contributed by atoms with E-state index in [4.69, 9.17) is 11.0 Å². The summed E-state index contributed by atoms with van der Waals surface area (Å²) in [6.07, 6.45) is -3.14. The molecule has 0 unspecified atom stereocenters. The molecule has 1 saturated heterocycles. The standard InChI is InChI=1S/C17H20F3N3O2S/c1-16-10-4-12(15(22)5-10)14(16)8-23(26(16,24)25)11-3-2-9(7-21)13(6-11)17(18,19)20/h2-3,6,10,12,14-15,24-25H,4-5,8,22H2,1H3/t10-,12-,14-,15+,16+/m0/s1. The molecule has 9 heteroatoms. The van der Waals surface area contributed by atoms with Gasteiger partial charge in [0, 0.05) is 18.5 Å². The van der Waals surface area contributed by atoms with E-state index in [2.05, 4.69) is 0 Å². The minimum atomic E-state index is -4.69. The lowest BCUT2D eigenvalue weighted by Gasteiger charge is -2.51. The van der Waals surface area contributed by atoms with Gasteiger partial charge >= 0.3 is 6.18 Å². The van der Waals surface area contributed by atoms with Crippen LogP contribution in [0.15, 0.2) is 18.2 Å². The number of benzene rings is 1. The van der Waals surface area contributed by atoms with Gasteiger partial charge in [-0.1, -0.05) is 0 Å². The topological polar surface area (TPSA) is 93.5 Å². The molecule has 1 aromatic rings. The molecular formula is C17H20F3N3O2S. The number of rotatable bonds is 1. The number of nitrogens with zero attached hydrogens (tertiary/aromatic N) is 2.